The van der Waals surface area contributed by atoms with Crippen LogP contribution in [0.15, 0.2) is 42.9 Å². The lowest BCUT2D eigenvalue weighted by molar-refractivity contribution is 0.419. The Morgan fingerprint density at radius 3 is 2.53 bits per heavy atom. The quantitative estimate of drug-likeness (QED) is 0.877. The van der Waals surface area contributed by atoms with Crippen LogP contribution < -0.4 is 5.32 Å². The second-order valence-electron chi connectivity index (χ2n) is 5.19. The molecule has 0 unspecified atom stereocenters. The number of nitrogens with one attached hydrogen (secondary N) is 1. The summed E-state index contributed by atoms with van der Waals surface area (Å²) in [5.41, 5.74) is 2.44. The molecule has 90 valence electrons. The van der Waals surface area contributed by atoms with Crippen molar-refractivity contribution in [2.24, 2.45) is 0 Å². The lowest BCUT2D eigenvalue weighted by Gasteiger charge is -2.20. The predicted molar refractivity (Wildman–Crippen MR) is 70.2 cm³/mol. The van der Waals surface area contributed by atoms with Crippen LogP contribution in [-0.2, 0) is 6.54 Å². The zero-order chi connectivity index (χ0) is 12.3. The first-order chi connectivity index (χ1) is 8.06. The molecule has 0 fully saturated rings. The third kappa shape index (κ3) is 3.17. The number of imidazole rings is 1. The highest BCUT2D eigenvalue weighted by Gasteiger charge is 2.10. The van der Waals surface area contributed by atoms with E-state index in [4.69, 9.17) is 0 Å². The summed E-state index contributed by atoms with van der Waals surface area (Å²) in [5.74, 6) is 0. The molecule has 2 aromatic rings. The van der Waals surface area contributed by atoms with Crippen molar-refractivity contribution in [1.29, 1.82) is 0 Å². The van der Waals surface area contributed by atoms with E-state index in [-0.39, 0.29) is 5.54 Å². The number of benzene rings is 1. The molecule has 1 N–H and O–H groups in total. The van der Waals surface area contributed by atoms with Crippen LogP contribution in [0, 0.1) is 0 Å². The number of rotatable bonds is 3. The molecule has 3 heteroatoms. The summed E-state index contributed by atoms with van der Waals surface area (Å²) in [5, 5.41) is 3.47. The number of para-hydroxylation sites is 1. The van der Waals surface area contributed by atoms with Crippen LogP contribution in [0.25, 0.3) is 5.69 Å². The first kappa shape index (κ1) is 11.9. The Hall–Kier alpha value is -1.61. The summed E-state index contributed by atoms with van der Waals surface area (Å²) in [4.78, 5) is 4.22. The van der Waals surface area contributed by atoms with Crippen LogP contribution in [-0.4, -0.2) is 15.1 Å². The SMILES string of the molecule is CC(C)(C)NCc1cncn1-c1ccccc1. The lowest BCUT2D eigenvalue weighted by atomic mass is 10.1. The molecular weight excluding hydrogens is 210 g/mol. The summed E-state index contributed by atoms with van der Waals surface area (Å²) in [6, 6.07) is 10.3. The average Bonchev–Trinajstić information content (AvgIpc) is 2.75. The Balaban J connectivity index is 2.18. The van der Waals surface area contributed by atoms with Crippen molar-refractivity contribution in [3.63, 3.8) is 0 Å². The van der Waals surface area contributed by atoms with Crippen molar-refractivity contribution in [3.8, 4) is 5.69 Å². The van der Waals surface area contributed by atoms with Crippen LogP contribution in [0.3, 0.4) is 0 Å². The molecule has 0 radical (unpaired) electrons. The maximum atomic E-state index is 4.22. The minimum Gasteiger partial charge on any atom is -0.306 e. The van der Waals surface area contributed by atoms with E-state index in [2.05, 4.69) is 47.8 Å². The number of hydrogen-bond acceptors (Lipinski definition) is 2. The highest BCUT2D eigenvalue weighted by molar-refractivity contribution is 5.33. The van der Waals surface area contributed by atoms with Gasteiger partial charge >= 0.3 is 0 Å². The minimum atomic E-state index is 0.117. The second-order valence-corrected chi connectivity index (χ2v) is 5.19. The fourth-order valence-electron chi connectivity index (χ4n) is 1.63. The molecule has 1 aromatic heterocycles. The van der Waals surface area contributed by atoms with Gasteiger partial charge in [-0.05, 0) is 32.9 Å². The van der Waals surface area contributed by atoms with Gasteiger partial charge in [-0.25, -0.2) is 4.98 Å². The van der Waals surface area contributed by atoms with Gasteiger partial charge in [0, 0.05) is 24.0 Å². The first-order valence-electron chi connectivity index (χ1n) is 5.88. The van der Waals surface area contributed by atoms with E-state index in [1.807, 2.05) is 30.7 Å². The van der Waals surface area contributed by atoms with Crippen molar-refractivity contribution in [2.45, 2.75) is 32.9 Å². The Labute approximate surface area is 103 Å². The number of aromatic nitrogens is 2. The maximum Gasteiger partial charge on any atom is 0.0994 e. The monoisotopic (exact) mass is 229 g/mol. The second kappa shape index (κ2) is 4.72. The van der Waals surface area contributed by atoms with Gasteiger partial charge in [-0.2, -0.15) is 0 Å². The van der Waals surface area contributed by atoms with E-state index in [1.54, 1.807) is 0 Å². The van der Waals surface area contributed by atoms with Crippen LogP contribution in [0.1, 0.15) is 26.5 Å². The molecule has 1 aromatic carbocycles. The molecule has 0 amide bonds. The van der Waals surface area contributed by atoms with Gasteiger partial charge in [0.1, 0.15) is 0 Å². The molecule has 1 heterocycles. The predicted octanol–water partition coefficient (Wildman–Crippen LogP) is 2.76. The molecule has 0 saturated heterocycles. The third-order valence-corrected chi connectivity index (χ3v) is 2.55. The summed E-state index contributed by atoms with van der Waals surface area (Å²) >= 11 is 0. The van der Waals surface area contributed by atoms with Gasteiger partial charge in [0.05, 0.1) is 12.0 Å². The molecule has 3 nitrogen and oxygen atoms in total. The average molecular weight is 229 g/mol. The molecule has 17 heavy (non-hydrogen) atoms. The van der Waals surface area contributed by atoms with Crippen molar-refractivity contribution < 1.29 is 0 Å². The van der Waals surface area contributed by atoms with Gasteiger partial charge in [-0.1, -0.05) is 18.2 Å². The van der Waals surface area contributed by atoms with Crippen LogP contribution in [0.4, 0.5) is 0 Å². The molecule has 2 rings (SSSR count). The molecule has 0 saturated carbocycles. The summed E-state index contributed by atoms with van der Waals surface area (Å²) in [6.45, 7) is 7.31. The first-order valence-corrected chi connectivity index (χ1v) is 5.88. The summed E-state index contributed by atoms with van der Waals surface area (Å²) in [7, 11) is 0. The van der Waals surface area contributed by atoms with Gasteiger partial charge < -0.3 is 9.88 Å². The van der Waals surface area contributed by atoms with Crippen LogP contribution >= 0.6 is 0 Å². The van der Waals surface area contributed by atoms with E-state index in [1.165, 1.54) is 5.69 Å². The highest BCUT2D eigenvalue weighted by atomic mass is 15.1. The topological polar surface area (TPSA) is 29.9 Å². The summed E-state index contributed by atoms with van der Waals surface area (Å²) in [6.07, 6.45) is 3.76. The lowest BCUT2D eigenvalue weighted by Crippen LogP contribution is -2.35. The fourth-order valence-corrected chi connectivity index (χ4v) is 1.63. The molecule has 0 bridgehead atoms. The Kier molecular flexibility index (Phi) is 3.29. The van der Waals surface area contributed by atoms with E-state index in [0.29, 0.717) is 0 Å². The fraction of sp³-hybridized carbons (Fsp3) is 0.357. The van der Waals surface area contributed by atoms with Crippen molar-refractivity contribution in [3.05, 3.63) is 48.5 Å². The standard InChI is InChI=1S/C14H19N3/c1-14(2,3)16-10-13-9-15-11-17(13)12-7-5-4-6-8-12/h4-9,11,16H,10H2,1-3H3. The van der Waals surface area contributed by atoms with Gasteiger partial charge in [-0.15, -0.1) is 0 Å². The minimum absolute atomic E-state index is 0.117. The largest absolute Gasteiger partial charge is 0.306 e. The Morgan fingerprint density at radius 1 is 1.18 bits per heavy atom. The molecule has 0 aliphatic heterocycles. The normalized spacial score (nSPS) is 11.7. The molecule has 0 aliphatic carbocycles. The molecular formula is C14H19N3. The van der Waals surface area contributed by atoms with E-state index >= 15 is 0 Å². The van der Waals surface area contributed by atoms with E-state index < -0.39 is 0 Å². The summed E-state index contributed by atoms with van der Waals surface area (Å²) < 4.78 is 2.11. The highest BCUT2D eigenvalue weighted by Crippen LogP contribution is 2.11. The van der Waals surface area contributed by atoms with E-state index in [9.17, 15) is 0 Å². The smallest absolute Gasteiger partial charge is 0.0994 e. The zero-order valence-corrected chi connectivity index (χ0v) is 10.6. The Bertz CT molecular complexity index is 466. The van der Waals surface area contributed by atoms with Crippen molar-refractivity contribution >= 4 is 0 Å². The molecule has 0 spiro atoms. The number of nitrogens with zero attached hydrogens (tertiary/aromatic N) is 2. The van der Waals surface area contributed by atoms with Gasteiger partial charge in [0.25, 0.3) is 0 Å². The van der Waals surface area contributed by atoms with Gasteiger partial charge in [-0.3, -0.25) is 0 Å². The van der Waals surface area contributed by atoms with Crippen molar-refractivity contribution in [2.75, 3.05) is 0 Å². The number of hydrogen-bond donors (Lipinski definition) is 1. The van der Waals surface area contributed by atoms with E-state index in [0.717, 1.165) is 12.2 Å². The van der Waals surface area contributed by atoms with Crippen LogP contribution in [0.2, 0.25) is 0 Å². The maximum absolute atomic E-state index is 4.22. The van der Waals surface area contributed by atoms with Gasteiger partial charge in [0.2, 0.25) is 0 Å². The zero-order valence-electron chi connectivity index (χ0n) is 10.6. The molecule has 0 atom stereocenters. The Morgan fingerprint density at radius 2 is 1.88 bits per heavy atom. The van der Waals surface area contributed by atoms with Crippen molar-refractivity contribution in [1.82, 2.24) is 14.9 Å². The van der Waals surface area contributed by atoms with Crippen LogP contribution in [0.5, 0.6) is 0 Å². The molecule has 0 aliphatic rings. The third-order valence-electron chi connectivity index (χ3n) is 2.55. The van der Waals surface area contributed by atoms with Gasteiger partial charge in [0.15, 0.2) is 0 Å².